The normalized spacial score (nSPS) is 11.1. The van der Waals surface area contributed by atoms with Crippen LogP contribution in [-0.4, -0.2) is 21.5 Å². The third-order valence-corrected chi connectivity index (χ3v) is 4.63. The van der Waals surface area contributed by atoms with E-state index in [1.165, 1.54) is 25.3 Å². The first-order valence-electron chi connectivity index (χ1n) is 5.61. The van der Waals surface area contributed by atoms with E-state index in [4.69, 9.17) is 4.18 Å². The van der Waals surface area contributed by atoms with Gasteiger partial charge in [0, 0.05) is 0 Å². The van der Waals surface area contributed by atoms with Crippen molar-refractivity contribution in [1.29, 1.82) is 0 Å². The first-order valence-corrected chi connectivity index (χ1v) is 7.90. The average Bonchev–Trinajstić information content (AvgIpc) is 2.85. The van der Waals surface area contributed by atoms with Gasteiger partial charge in [-0.25, -0.2) is 4.79 Å². The first-order chi connectivity index (χ1) is 9.44. The molecule has 106 valence electrons. The maximum Gasteiger partial charge on any atom is 0.351 e. The van der Waals surface area contributed by atoms with Gasteiger partial charge >= 0.3 is 16.1 Å². The number of hydrogen-bond acceptors (Lipinski definition) is 6. The highest BCUT2D eigenvalue weighted by atomic mass is 32.2. The maximum atomic E-state index is 12.1. The van der Waals surface area contributed by atoms with E-state index in [1.54, 1.807) is 17.5 Å². The quantitative estimate of drug-likeness (QED) is 0.641. The van der Waals surface area contributed by atoms with Gasteiger partial charge in [0.05, 0.1) is 7.11 Å². The minimum absolute atomic E-state index is 0.0255. The van der Waals surface area contributed by atoms with Gasteiger partial charge in [-0.1, -0.05) is 17.7 Å². The van der Waals surface area contributed by atoms with E-state index in [0.29, 0.717) is 0 Å². The third kappa shape index (κ3) is 3.00. The summed E-state index contributed by atoms with van der Waals surface area (Å²) in [4.78, 5) is 11.6. The molecule has 1 heterocycles. The molecular weight excluding hydrogens is 300 g/mol. The number of benzene rings is 1. The van der Waals surface area contributed by atoms with E-state index in [2.05, 4.69) is 4.74 Å². The van der Waals surface area contributed by atoms with Gasteiger partial charge in [-0.2, -0.15) is 8.42 Å². The van der Waals surface area contributed by atoms with Crippen molar-refractivity contribution in [2.75, 3.05) is 7.11 Å². The van der Waals surface area contributed by atoms with Crippen molar-refractivity contribution in [3.63, 3.8) is 0 Å². The Kier molecular flexibility index (Phi) is 4.10. The number of thiophene rings is 1. The molecule has 1 aromatic carbocycles. The van der Waals surface area contributed by atoms with E-state index in [1.807, 2.05) is 6.92 Å². The van der Waals surface area contributed by atoms with Crippen LogP contribution in [0.5, 0.6) is 5.75 Å². The Labute approximate surface area is 120 Å². The van der Waals surface area contributed by atoms with Crippen molar-refractivity contribution in [2.45, 2.75) is 11.8 Å². The van der Waals surface area contributed by atoms with Gasteiger partial charge in [-0.3, -0.25) is 0 Å². The zero-order valence-corrected chi connectivity index (χ0v) is 12.5. The second-order valence-electron chi connectivity index (χ2n) is 3.96. The molecule has 0 aliphatic carbocycles. The van der Waals surface area contributed by atoms with Crippen LogP contribution >= 0.6 is 11.3 Å². The summed E-state index contributed by atoms with van der Waals surface area (Å²) in [5, 5.41) is 1.56. The number of carbonyl (C=O) groups excluding carboxylic acids is 1. The lowest BCUT2D eigenvalue weighted by Gasteiger charge is -2.07. The standard InChI is InChI=1S/C13H12O5S2/c1-9-3-5-10(6-4-9)20(15,16)18-11-7-8-19-12(11)13(14)17-2/h3-8H,1-2H3. The van der Waals surface area contributed by atoms with Gasteiger partial charge < -0.3 is 8.92 Å². The molecular formula is C13H12O5S2. The molecule has 0 aliphatic heterocycles. The van der Waals surface area contributed by atoms with Crippen LogP contribution in [0.2, 0.25) is 0 Å². The Morgan fingerprint density at radius 3 is 2.40 bits per heavy atom. The number of methoxy groups -OCH3 is 1. The van der Waals surface area contributed by atoms with Gasteiger partial charge in [-0.15, -0.1) is 11.3 Å². The van der Waals surface area contributed by atoms with Crippen LogP contribution in [0, 0.1) is 6.92 Å². The van der Waals surface area contributed by atoms with Crippen LogP contribution in [0.4, 0.5) is 0 Å². The highest BCUT2D eigenvalue weighted by Gasteiger charge is 2.22. The molecule has 0 saturated heterocycles. The van der Waals surface area contributed by atoms with Crippen molar-refractivity contribution in [1.82, 2.24) is 0 Å². The van der Waals surface area contributed by atoms with Crippen LogP contribution in [0.25, 0.3) is 0 Å². The highest BCUT2D eigenvalue weighted by molar-refractivity contribution is 7.87. The summed E-state index contributed by atoms with van der Waals surface area (Å²) in [6, 6.07) is 7.67. The Balaban J connectivity index is 2.32. The summed E-state index contributed by atoms with van der Waals surface area (Å²) in [5.74, 6) is -0.656. The molecule has 0 amide bonds. The lowest BCUT2D eigenvalue weighted by atomic mass is 10.2. The van der Waals surface area contributed by atoms with Crippen molar-refractivity contribution < 1.29 is 22.1 Å². The van der Waals surface area contributed by atoms with E-state index in [0.717, 1.165) is 16.9 Å². The number of rotatable bonds is 4. The molecule has 0 spiro atoms. The molecule has 0 radical (unpaired) electrons. The Morgan fingerprint density at radius 2 is 1.80 bits per heavy atom. The van der Waals surface area contributed by atoms with E-state index >= 15 is 0 Å². The topological polar surface area (TPSA) is 69.7 Å². The Bertz CT molecular complexity index is 713. The second-order valence-corrected chi connectivity index (χ2v) is 6.42. The molecule has 7 heteroatoms. The van der Waals surface area contributed by atoms with Crippen LogP contribution in [0.15, 0.2) is 40.6 Å². The smallest absolute Gasteiger partial charge is 0.351 e. The van der Waals surface area contributed by atoms with Crippen LogP contribution < -0.4 is 4.18 Å². The number of ether oxygens (including phenoxy) is 1. The molecule has 0 saturated carbocycles. The molecule has 5 nitrogen and oxygen atoms in total. The van der Waals surface area contributed by atoms with Gasteiger partial charge in [-0.05, 0) is 30.5 Å². The molecule has 0 aliphatic rings. The number of esters is 1. The zero-order valence-electron chi connectivity index (χ0n) is 10.8. The van der Waals surface area contributed by atoms with Crippen molar-refractivity contribution in [3.05, 3.63) is 46.2 Å². The molecule has 2 aromatic rings. The van der Waals surface area contributed by atoms with Gasteiger partial charge in [0.25, 0.3) is 0 Å². The molecule has 0 fully saturated rings. The average molecular weight is 312 g/mol. The molecule has 0 unspecified atom stereocenters. The zero-order chi connectivity index (χ0) is 14.8. The molecule has 2 rings (SSSR count). The molecule has 1 aromatic heterocycles. The lowest BCUT2D eigenvalue weighted by Crippen LogP contribution is -2.11. The molecule has 20 heavy (non-hydrogen) atoms. The van der Waals surface area contributed by atoms with Gasteiger partial charge in [0.15, 0.2) is 10.6 Å². The summed E-state index contributed by atoms with van der Waals surface area (Å²) >= 11 is 1.06. The predicted molar refractivity (Wildman–Crippen MR) is 74.7 cm³/mol. The summed E-state index contributed by atoms with van der Waals surface area (Å²) < 4.78 is 33.8. The fourth-order valence-electron chi connectivity index (χ4n) is 1.48. The SMILES string of the molecule is COC(=O)c1sccc1OS(=O)(=O)c1ccc(C)cc1. The summed E-state index contributed by atoms with van der Waals surface area (Å²) in [5.41, 5.74) is 0.940. The van der Waals surface area contributed by atoms with Gasteiger partial charge in [0.1, 0.15) is 4.90 Å². The van der Waals surface area contributed by atoms with Crippen molar-refractivity contribution in [3.8, 4) is 5.75 Å². The molecule has 0 atom stereocenters. The fraction of sp³-hybridized carbons (Fsp3) is 0.154. The Hall–Kier alpha value is -1.86. The van der Waals surface area contributed by atoms with Gasteiger partial charge in [0.2, 0.25) is 0 Å². The lowest BCUT2D eigenvalue weighted by molar-refractivity contribution is 0.0604. The first kappa shape index (κ1) is 14.5. The second kappa shape index (κ2) is 5.64. The van der Waals surface area contributed by atoms with E-state index in [9.17, 15) is 13.2 Å². The monoisotopic (exact) mass is 312 g/mol. The van der Waals surface area contributed by atoms with Crippen LogP contribution in [0.3, 0.4) is 0 Å². The Morgan fingerprint density at radius 1 is 1.15 bits per heavy atom. The predicted octanol–water partition coefficient (Wildman–Crippen LogP) is 2.61. The minimum Gasteiger partial charge on any atom is -0.465 e. The summed E-state index contributed by atoms with van der Waals surface area (Å²) in [6.45, 7) is 1.85. The fourth-order valence-corrected chi connectivity index (χ4v) is 3.20. The maximum absolute atomic E-state index is 12.1. The molecule has 0 bridgehead atoms. The highest BCUT2D eigenvalue weighted by Crippen LogP contribution is 2.28. The van der Waals surface area contributed by atoms with E-state index in [-0.39, 0.29) is 15.5 Å². The van der Waals surface area contributed by atoms with E-state index < -0.39 is 16.1 Å². The van der Waals surface area contributed by atoms with Crippen LogP contribution in [0.1, 0.15) is 15.2 Å². The van der Waals surface area contributed by atoms with Crippen LogP contribution in [-0.2, 0) is 14.9 Å². The largest absolute Gasteiger partial charge is 0.465 e. The molecule has 0 N–H and O–H groups in total. The summed E-state index contributed by atoms with van der Waals surface area (Å²) in [7, 11) is -2.74. The van der Waals surface area contributed by atoms with Crippen molar-refractivity contribution in [2.24, 2.45) is 0 Å². The van der Waals surface area contributed by atoms with Crippen molar-refractivity contribution >= 4 is 27.4 Å². The number of aryl methyl sites for hydroxylation is 1. The number of hydrogen-bond donors (Lipinski definition) is 0. The summed E-state index contributed by atoms with van der Waals surface area (Å²) in [6.07, 6.45) is 0. The third-order valence-electron chi connectivity index (χ3n) is 2.51. The minimum atomic E-state index is -3.97. The number of carbonyl (C=O) groups is 1.